The largest absolute Gasteiger partial charge is 0.437 e. The van der Waals surface area contributed by atoms with Gasteiger partial charge in [0.1, 0.15) is 4.91 Å². The van der Waals surface area contributed by atoms with Crippen LogP contribution in [0.5, 0.6) is 5.75 Å². The number of nitrogens with zero attached hydrogens (tertiary/aromatic N) is 2. The lowest BCUT2D eigenvalue weighted by Crippen LogP contribution is -2.29. The van der Waals surface area contributed by atoms with E-state index in [9.17, 15) is 4.79 Å². The molecule has 2 aromatic carbocycles. The molecule has 1 saturated heterocycles. The van der Waals surface area contributed by atoms with Crippen molar-refractivity contribution in [1.29, 1.82) is 5.41 Å². The van der Waals surface area contributed by atoms with Gasteiger partial charge in [-0.2, -0.15) is 0 Å². The van der Waals surface area contributed by atoms with Gasteiger partial charge in [0.25, 0.3) is 5.91 Å². The number of amidine groups is 1. The van der Waals surface area contributed by atoms with E-state index in [1.54, 1.807) is 0 Å². The van der Waals surface area contributed by atoms with E-state index in [0.29, 0.717) is 17.3 Å². The predicted molar refractivity (Wildman–Crippen MR) is 94.8 cm³/mol. The summed E-state index contributed by atoms with van der Waals surface area (Å²) in [5, 5.41) is 8.39. The summed E-state index contributed by atoms with van der Waals surface area (Å²) in [5.74, 6) is 1.03. The van der Waals surface area contributed by atoms with Gasteiger partial charge in [-0.25, -0.2) is 0 Å². The van der Waals surface area contributed by atoms with Crippen LogP contribution in [-0.2, 0) is 11.3 Å². The maximum Gasteiger partial charge on any atom is 0.272 e. The third-order valence-electron chi connectivity index (χ3n) is 4.00. The number of amides is 1. The Morgan fingerprint density at radius 3 is 2.54 bits per heavy atom. The molecule has 0 saturated carbocycles. The van der Waals surface area contributed by atoms with Gasteiger partial charge in [-0.3, -0.25) is 15.1 Å². The van der Waals surface area contributed by atoms with Crippen molar-refractivity contribution in [2.45, 2.75) is 6.54 Å². The Balaban J connectivity index is 1.65. The van der Waals surface area contributed by atoms with Crippen molar-refractivity contribution in [2.75, 3.05) is 11.9 Å². The summed E-state index contributed by atoms with van der Waals surface area (Å²) in [6, 6.07) is 17.3. The third kappa shape index (κ3) is 2.35. The molecule has 0 radical (unpaired) electrons. The van der Waals surface area contributed by atoms with E-state index in [0.717, 1.165) is 28.8 Å². The molecule has 1 fully saturated rings. The minimum atomic E-state index is -0.191. The van der Waals surface area contributed by atoms with Crippen LogP contribution >= 0.6 is 11.8 Å². The Morgan fingerprint density at radius 1 is 1.08 bits per heavy atom. The van der Waals surface area contributed by atoms with Crippen LogP contribution in [0.1, 0.15) is 5.56 Å². The highest BCUT2D eigenvalue weighted by Crippen LogP contribution is 2.43. The molecule has 1 amide bonds. The molecule has 2 aliphatic heterocycles. The number of hydrogen-bond donors (Lipinski definition) is 1. The van der Waals surface area contributed by atoms with Gasteiger partial charge < -0.3 is 9.64 Å². The van der Waals surface area contributed by atoms with E-state index in [2.05, 4.69) is 0 Å². The number of carbonyl (C=O) groups is 1. The standard InChI is InChI=1S/C18H15N3O2S/c1-20-13-9-5-6-10-14(13)23-17(20)15-16(22)21(18(19)24-15)11-12-7-3-2-4-8-12/h2-10,19H,11H2,1H3/b17-15-,19-18?. The van der Waals surface area contributed by atoms with Crippen LogP contribution in [0, 0.1) is 5.41 Å². The fourth-order valence-electron chi connectivity index (χ4n) is 2.76. The Morgan fingerprint density at radius 2 is 1.79 bits per heavy atom. The fourth-order valence-corrected chi connectivity index (χ4v) is 3.67. The molecule has 120 valence electrons. The second kappa shape index (κ2) is 5.72. The number of thioether (sulfide) groups is 1. The Labute approximate surface area is 144 Å². The molecule has 1 N–H and O–H groups in total. The van der Waals surface area contributed by atoms with Crippen LogP contribution in [0.15, 0.2) is 65.4 Å². The fraction of sp³-hybridized carbons (Fsp3) is 0.111. The van der Waals surface area contributed by atoms with Crippen LogP contribution < -0.4 is 9.64 Å². The van der Waals surface area contributed by atoms with Crippen LogP contribution in [0.25, 0.3) is 0 Å². The number of rotatable bonds is 2. The number of carbonyl (C=O) groups excluding carboxylic acids is 1. The van der Waals surface area contributed by atoms with Crippen molar-refractivity contribution in [1.82, 2.24) is 4.90 Å². The van der Waals surface area contributed by atoms with Crippen LogP contribution in [0.2, 0.25) is 0 Å². The minimum Gasteiger partial charge on any atom is -0.437 e. The highest BCUT2D eigenvalue weighted by molar-refractivity contribution is 8.18. The molecule has 2 heterocycles. The molecule has 0 spiro atoms. The lowest BCUT2D eigenvalue weighted by atomic mass is 10.2. The van der Waals surface area contributed by atoms with Gasteiger partial charge in [0, 0.05) is 7.05 Å². The lowest BCUT2D eigenvalue weighted by molar-refractivity contribution is -0.122. The van der Waals surface area contributed by atoms with Crippen LogP contribution in [0.4, 0.5) is 5.69 Å². The maximum absolute atomic E-state index is 12.8. The zero-order valence-corrected chi connectivity index (χ0v) is 13.8. The Bertz CT molecular complexity index is 864. The highest BCUT2D eigenvalue weighted by Gasteiger charge is 2.39. The summed E-state index contributed by atoms with van der Waals surface area (Å²) in [4.78, 5) is 16.6. The summed E-state index contributed by atoms with van der Waals surface area (Å²) in [5.41, 5.74) is 1.91. The summed E-state index contributed by atoms with van der Waals surface area (Å²) in [6.07, 6.45) is 0. The van der Waals surface area contributed by atoms with E-state index in [1.165, 1.54) is 4.90 Å². The highest BCUT2D eigenvalue weighted by atomic mass is 32.2. The SMILES string of the molecule is CN1/C(=C2/SC(=N)N(Cc3ccccc3)C2=O)Oc2ccccc21. The molecule has 0 aromatic heterocycles. The molecular weight excluding hydrogens is 322 g/mol. The minimum absolute atomic E-state index is 0.191. The monoisotopic (exact) mass is 337 g/mol. The van der Waals surface area contributed by atoms with Crippen molar-refractivity contribution in [3.63, 3.8) is 0 Å². The van der Waals surface area contributed by atoms with Crippen molar-refractivity contribution in [2.24, 2.45) is 0 Å². The van der Waals surface area contributed by atoms with E-state index in [-0.39, 0.29) is 11.1 Å². The average Bonchev–Trinajstić information content (AvgIpc) is 3.08. The van der Waals surface area contributed by atoms with Gasteiger partial charge in [-0.15, -0.1) is 0 Å². The summed E-state index contributed by atoms with van der Waals surface area (Å²) >= 11 is 1.15. The van der Waals surface area contributed by atoms with Gasteiger partial charge in [0.05, 0.1) is 12.2 Å². The normalized spacial score (nSPS) is 19.7. The molecule has 2 aromatic rings. The van der Waals surface area contributed by atoms with E-state index < -0.39 is 0 Å². The number of nitrogens with one attached hydrogen (secondary N) is 1. The molecule has 0 aliphatic carbocycles. The lowest BCUT2D eigenvalue weighted by Gasteiger charge is -2.15. The maximum atomic E-state index is 12.8. The first kappa shape index (κ1) is 14.8. The second-order valence-corrected chi connectivity index (χ2v) is 6.55. The smallest absolute Gasteiger partial charge is 0.272 e. The molecule has 24 heavy (non-hydrogen) atoms. The molecule has 0 atom stereocenters. The van der Waals surface area contributed by atoms with Gasteiger partial charge in [0.2, 0.25) is 5.88 Å². The number of fused-ring (bicyclic) bond motifs is 1. The molecule has 4 rings (SSSR count). The molecule has 6 heteroatoms. The van der Waals surface area contributed by atoms with Crippen molar-refractivity contribution in [3.8, 4) is 5.75 Å². The van der Waals surface area contributed by atoms with Crippen molar-refractivity contribution < 1.29 is 9.53 Å². The first-order chi connectivity index (χ1) is 11.6. The van der Waals surface area contributed by atoms with Crippen molar-refractivity contribution in [3.05, 3.63) is 70.9 Å². The Hall–Kier alpha value is -2.73. The third-order valence-corrected chi connectivity index (χ3v) is 4.97. The molecule has 2 aliphatic rings. The number of para-hydroxylation sites is 2. The molecular formula is C18H15N3O2S. The van der Waals surface area contributed by atoms with E-state index in [1.807, 2.05) is 66.5 Å². The van der Waals surface area contributed by atoms with E-state index in [4.69, 9.17) is 10.1 Å². The summed E-state index contributed by atoms with van der Waals surface area (Å²) in [7, 11) is 1.87. The van der Waals surface area contributed by atoms with Gasteiger partial charge in [-0.1, -0.05) is 42.5 Å². The molecule has 0 bridgehead atoms. The van der Waals surface area contributed by atoms with E-state index >= 15 is 0 Å². The van der Waals surface area contributed by atoms with Crippen LogP contribution in [-0.4, -0.2) is 23.0 Å². The Kier molecular flexibility index (Phi) is 3.54. The van der Waals surface area contributed by atoms with Crippen LogP contribution in [0.3, 0.4) is 0 Å². The zero-order valence-electron chi connectivity index (χ0n) is 13.0. The summed E-state index contributed by atoms with van der Waals surface area (Å²) in [6.45, 7) is 0.388. The molecule has 0 unspecified atom stereocenters. The summed E-state index contributed by atoms with van der Waals surface area (Å²) < 4.78 is 5.86. The average molecular weight is 337 g/mol. The number of benzene rings is 2. The topological polar surface area (TPSA) is 56.6 Å². The quantitative estimate of drug-likeness (QED) is 0.854. The number of ether oxygens (including phenoxy) is 1. The van der Waals surface area contributed by atoms with Gasteiger partial charge >= 0.3 is 0 Å². The number of anilines is 1. The zero-order chi connectivity index (χ0) is 16.7. The number of hydrogen-bond acceptors (Lipinski definition) is 5. The van der Waals surface area contributed by atoms with Crippen molar-refractivity contribution >= 4 is 28.5 Å². The second-order valence-electron chi connectivity index (χ2n) is 5.55. The predicted octanol–water partition coefficient (Wildman–Crippen LogP) is 3.39. The first-order valence-corrected chi connectivity index (χ1v) is 8.34. The van der Waals surface area contributed by atoms with Gasteiger partial charge in [-0.05, 0) is 29.5 Å². The van der Waals surface area contributed by atoms with Gasteiger partial charge in [0.15, 0.2) is 10.9 Å². The first-order valence-electron chi connectivity index (χ1n) is 7.52. The molecule has 5 nitrogen and oxygen atoms in total.